The topological polar surface area (TPSA) is 30.5 Å². The standard InChI is InChI=1S/C21H29NO2/c1-4-6-15-24-21-18(13-10-14-20(21)23-3)16-22-19(5-2)17-11-8-7-9-12-17/h7-14,19,22H,4-6,15-16H2,1-3H3. The van der Waals surface area contributed by atoms with E-state index < -0.39 is 0 Å². The van der Waals surface area contributed by atoms with Crippen LogP contribution in [0.2, 0.25) is 0 Å². The maximum atomic E-state index is 6.01. The molecular weight excluding hydrogens is 298 g/mol. The van der Waals surface area contributed by atoms with E-state index in [4.69, 9.17) is 9.47 Å². The fraction of sp³-hybridized carbons (Fsp3) is 0.429. The van der Waals surface area contributed by atoms with Gasteiger partial charge in [0, 0.05) is 18.2 Å². The highest BCUT2D eigenvalue weighted by Crippen LogP contribution is 2.32. The number of para-hydroxylation sites is 1. The molecule has 0 aliphatic carbocycles. The van der Waals surface area contributed by atoms with Crippen molar-refractivity contribution in [1.29, 1.82) is 0 Å². The van der Waals surface area contributed by atoms with Crippen molar-refractivity contribution in [2.75, 3.05) is 13.7 Å². The second kappa shape index (κ2) is 9.99. The van der Waals surface area contributed by atoms with E-state index in [1.54, 1.807) is 7.11 Å². The minimum absolute atomic E-state index is 0.334. The molecule has 0 aliphatic rings. The van der Waals surface area contributed by atoms with Crippen LogP contribution in [-0.2, 0) is 6.54 Å². The van der Waals surface area contributed by atoms with Crippen LogP contribution in [0, 0.1) is 0 Å². The molecule has 130 valence electrons. The third-order valence-electron chi connectivity index (χ3n) is 4.17. The molecule has 0 spiro atoms. The van der Waals surface area contributed by atoms with Crippen molar-refractivity contribution in [1.82, 2.24) is 5.32 Å². The maximum absolute atomic E-state index is 6.01. The molecule has 24 heavy (non-hydrogen) atoms. The minimum atomic E-state index is 0.334. The first kappa shape index (κ1) is 18.3. The fourth-order valence-corrected chi connectivity index (χ4v) is 2.76. The van der Waals surface area contributed by atoms with Crippen LogP contribution in [0.25, 0.3) is 0 Å². The molecule has 0 bridgehead atoms. The number of hydrogen-bond donors (Lipinski definition) is 1. The van der Waals surface area contributed by atoms with E-state index in [1.165, 1.54) is 5.56 Å². The third kappa shape index (κ3) is 5.00. The van der Waals surface area contributed by atoms with E-state index in [0.29, 0.717) is 6.04 Å². The molecule has 0 fully saturated rings. The molecule has 0 heterocycles. The quantitative estimate of drug-likeness (QED) is 0.615. The van der Waals surface area contributed by atoms with Gasteiger partial charge in [-0.25, -0.2) is 0 Å². The molecule has 1 unspecified atom stereocenters. The van der Waals surface area contributed by atoms with Crippen LogP contribution in [0.5, 0.6) is 11.5 Å². The van der Waals surface area contributed by atoms with Gasteiger partial charge < -0.3 is 14.8 Å². The van der Waals surface area contributed by atoms with Gasteiger partial charge in [0.2, 0.25) is 0 Å². The highest BCUT2D eigenvalue weighted by Gasteiger charge is 2.13. The zero-order chi connectivity index (χ0) is 17.2. The zero-order valence-corrected chi connectivity index (χ0v) is 15.0. The molecule has 2 aromatic rings. The van der Waals surface area contributed by atoms with Crippen LogP contribution in [0.4, 0.5) is 0 Å². The van der Waals surface area contributed by atoms with Gasteiger partial charge in [0.15, 0.2) is 11.5 Å². The first-order chi connectivity index (χ1) is 11.8. The normalized spacial score (nSPS) is 12.0. The Balaban J connectivity index is 2.10. The summed E-state index contributed by atoms with van der Waals surface area (Å²) < 4.78 is 11.5. The molecule has 0 amide bonds. The molecule has 2 rings (SSSR count). The molecule has 3 nitrogen and oxygen atoms in total. The molecular formula is C21H29NO2. The summed E-state index contributed by atoms with van der Waals surface area (Å²) in [5.41, 5.74) is 2.45. The number of unbranched alkanes of at least 4 members (excludes halogenated alkanes) is 1. The van der Waals surface area contributed by atoms with Gasteiger partial charge in [-0.15, -0.1) is 0 Å². The van der Waals surface area contributed by atoms with Gasteiger partial charge in [-0.1, -0.05) is 62.7 Å². The Morgan fingerprint density at radius 1 is 1.00 bits per heavy atom. The second-order valence-corrected chi connectivity index (χ2v) is 5.90. The van der Waals surface area contributed by atoms with Crippen LogP contribution in [0.1, 0.15) is 50.3 Å². The smallest absolute Gasteiger partial charge is 0.165 e. The van der Waals surface area contributed by atoms with Crippen molar-refractivity contribution in [3.05, 3.63) is 59.7 Å². The van der Waals surface area contributed by atoms with Crippen molar-refractivity contribution in [2.45, 2.75) is 45.7 Å². The average Bonchev–Trinajstić information content (AvgIpc) is 2.64. The van der Waals surface area contributed by atoms with Gasteiger partial charge in [-0.05, 0) is 24.5 Å². The van der Waals surface area contributed by atoms with Crippen LogP contribution in [-0.4, -0.2) is 13.7 Å². The van der Waals surface area contributed by atoms with Crippen molar-refractivity contribution in [2.24, 2.45) is 0 Å². The third-order valence-corrected chi connectivity index (χ3v) is 4.17. The van der Waals surface area contributed by atoms with Gasteiger partial charge in [0.25, 0.3) is 0 Å². The Morgan fingerprint density at radius 2 is 1.79 bits per heavy atom. The Kier molecular flexibility index (Phi) is 7.63. The summed E-state index contributed by atoms with van der Waals surface area (Å²) >= 11 is 0. The molecule has 0 aromatic heterocycles. The Morgan fingerprint density at radius 3 is 2.46 bits per heavy atom. The number of rotatable bonds is 10. The average molecular weight is 327 g/mol. The maximum Gasteiger partial charge on any atom is 0.165 e. The highest BCUT2D eigenvalue weighted by atomic mass is 16.5. The van der Waals surface area contributed by atoms with Gasteiger partial charge >= 0.3 is 0 Å². The largest absolute Gasteiger partial charge is 0.493 e. The summed E-state index contributed by atoms with van der Waals surface area (Å²) in [6, 6.07) is 17.0. The zero-order valence-electron chi connectivity index (χ0n) is 15.0. The van der Waals surface area contributed by atoms with Crippen LogP contribution < -0.4 is 14.8 Å². The van der Waals surface area contributed by atoms with E-state index >= 15 is 0 Å². The van der Waals surface area contributed by atoms with Gasteiger partial charge in [-0.3, -0.25) is 0 Å². The minimum Gasteiger partial charge on any atom is -0.493 e. The summed E-state index contributed by atoms with van der Waals surface area (Å²) in [6.45, 7) is 5.85. The SMILES string of the molecule is CCCCOc1c(CNC(CC)c2ccccc2)cccc1OC. The lowest BCUT2D eigenvalue weighted by Gasteiger charge is -2.20. The first-order valence-electron chi connectivity index (χ1n) is 8.87. The summed E-state index contributed by atoms with van der Waals surface area (Å²) in [4.78, 5) is 0. The van der Waals surface area contributed by atoms with Gasteiger partial charge in [0.1, 0.15) is 0 Å². The molecule has 1 atom stereocenters. The van der Waals surface area contributed by atoms with Crippen molar-refractivity contribution < 1.29 is 9.47 Å². The molecule has 0 aliphatic heterocycles. The Hall–Kier alpha value is -2.00. The number of methoxy groups -OCH3 is 1. The van der Waals surface area contributed by atoms with Crippen LogP contribution in [0.15, 0.2) is 48.5 Å². The lowest BCUT2D eigenvalue weighted by atomic mass is 10.0. The monoisotopic (exact) mass is 327 g/mol. The summed E-state index contributed by atoms with van der Waals surface area (Å²) in [6.07, 6.45) is 3.21. The number of hydrogen-bond acceptors (Lipinski definition) is 3. The van der Waals surface area contributed by atoms with E-state index in [0.717, 1.165) is 49.5 Å². The van der Waals surface area contributed by atoms with Crippen LogP contribution >= 0.6 is 0 Å². The first-order valence-corrected chi connectivity index (χ1v) is 8.87. The molecule has 1 N–H and O–H groups in total. The summed E-state index contributed by atoms with van der Waals surface area (Å²) in [5.74, 6) is 1.67. The van der Waals surface area contributed by atoms with E-state index in [9.17, 15) is 0 Å². The van der Waals surface area contributed by atoms with Crippen LogP contribution in [0.3, 0.4) is 0 Å². The van der Waals surface area contributed by atoms with Gasteiger partial charge in [-0.2, -0.15) is 0 Å². The molecule has 0 radical (unpaired) electrons. The predicted molar refractivity (Wildman–Crippen MR) is 99.7 cm³/mol. The highest BCUT2D eigenvalue weighted by molar-refractivity contribution is 5.46. The van der Waals surface area contributed by atoms with Crippen molar-refractivity contribution in [3.8, 4) is 11.5 Å². The second-order valence-electron chi connectivity index (χ2n) is 5.90. The predicted octanol–water partition coefficient (Wildman–Crippen LogP) is 5.12. The molecule has 2 aromatic carbocycles. The summed E-state index contributed by atoms with van der Waals surface area (Å²) in [7, 11) is 1.69. The molecule has 0 saturated carbocycles. The van der Waals surface area contributed by atoms with E-state index in [1.807, 2.05) is 12.1 Å². The fourth-order valence-electron chi connectivity index (χ4n) is 2.76. The van der Waals surface area contributed by atoms with Crippen molar-refractivity contribution in [3.63, 3.8) is 0 Å². The van der Waals surface area contributed by atoms with Crippen molar-refractivity contribution >= 4 is 0 Å². The number of ether oxygens (including phenoxy) is 2. The van der Waals surface area contributed by atoms with E-state index in [-0.39, 0.29) is 0 Å². The van der Waals surface area contributed by atoms with E-state index in [2.05, 4.69) is 55.6 Å². The molecule has 3 heteroatoms. The Labute approximate surface area is 146 Å². The Bertz CT molecular complexity index is 598. The number of nitrogens with one attached hydrogen (secondary N) is 1. The molecule has 0 saturated heterocycles. The summed E-state index contributed by atoms with van der Waals surface area (Å²) in [5, 5.41) is 3.65. The number of benzene rings is 2. The lowest BCUT2D eigenvalue weighted by molar-refractivity contribution is 0.284. The lowest BCUT2D eigenvalue weighted by Crippen LogP contribution is -2.20. The van der Waals surface area contributed by atoms with Gasteiger partial charge in [0.05, 0.1) is 13.7 Å².